The number of hydrogen-bond donors (Lipinski definition) is 2. The maximum absolute atomic E-state index is 12.3. The Kier molecular flexibility index (Phi) is 3.31. The van der Waals surface area contributed by atoms with Crippen molar-refractivity contribution in [3.63, 3.8) is 0 Å². The number of nitrogens with zero attached hydrogens (tertiary/aromatic N) is 2. The third kappa shape index (κ3) is 2.34. The smallest absolute Gasteiger partial charge is 0.274 e. The Bertz CT molecular complexity index is 591. The van der Waals surface area contributed by atoms with Gasteiger partial charge in [0.05, 0.1) is 12.4 Å². The number of hydrogen-bond acceptors (Lipinski definition) is 4. The molecule has 0 aliphatic carbocycles. The molecule has 2 aromatic heterocycles. The van der Waals surface area contributed by atoms with Crippen molar-refractivity contribution in [2.75, 3.05) is 13.1 Å². The highest BCUT2D eigenvalue weighted by Gasteiger charge is 2.29. The summed E-state index contributed by atoms with van der Waals surface area (Å²) in [6, 6.07) is 5.25. The van der Waals surface area contributed by atoms with E-state index < -0.39 is 6.10 Å². The summed E-state index contributed by atoms with van der Waals surface area (Å²) in [5.74, 6) is 0.714. The number of β-amino-alcohol motifs (C(OH)–C–C–N with tert-alkyl or cyclic N) is 1. The average molecular weight is 275 g/mol. The maximum Gasteiger partial charge on any atom is 0.274 e. The number of piperidine rings is 1. The second kappa shape index (κ2) is 5.13. The number of aromatic amines is 1. The molecule has 2 atom stereocenters. The van der Waals surface area contributed by atoms with Crippen LogP contribution < -0.4 is 0 Å². The average Bonchev–Trinajstić information content (AvgIpc) is 3.11. The van der Waals surface area contributed by atoms with Gasteiger partial charge in [-0.3, -0.25) is 9.89 Å². The Balaban J connectivity index is 1.75. The van der Waals surface area contributed by atoms with Gasteiger partial charge < -0.3 is 14.4 Å². The van der Waals surface area contributed by atoms with Crippen LogP contribution in [0.2, 0.25) is 0 Å². The predicted molar refractivity (Wildman–Crippen MR) is 72.0 cm³/mol. The number of H-pyrrole nitrogens is 1. The van der Waals surface area contributed by atoms with Crippen molar-refractivity contribution < 1.29 is 14.3 Å². The van der Waals surface area contributed by atoms with Crippen LogP contribution in [-0.4, -0.2) is 45.3 Å². The van der Waals surface area contributed by atoms with Gasteiger partial charge in [-0.1, -0.05) is 6.92 Å². The first-order valence-corrected chi connectivity index (χ1v) is 6.72. The number of nitrogens with one attached hydrogen (secondary N) is 1. The summed E-state index contributed by atoms with van der Waals surface area (Å²) in [5, 5.41) is 16.7. The van der Waals surface area contributed by atoms with Crippen molar-refractivity contribution in [3.8, 4) is 11.5 Å². The lowest BCUT2D eigenvalue weighted by atomic mass is 9.96. The number of carbonyl (C=O) groups excluding carboxylic acids is 1. The normalized spacial score (nSPS) is 23.0. The highest BCUT2D eigenvalue weighted by atomic mass is 16.3. The van der Waals surface area contributed by atoms with Crippen LogP contribution in [0.4, 0.5) is 0 Å². The topological polar surface area (TPSA) is 82.4 Å². The van der Waals surface area contributed by atoms with Crippen LogP contribution in [0.15, 0.2) is 28.9 Å². The molecule has 0 bridgehead atoms. The summed E-state index contributed by atoms with van der Waals surface area (Å²) >= 11 is 0. The van der Waals surface area contributed by atoms with E-state index in [1.807, 2.05) is 6.92 Å². The van der Waals surface area contributed by atoms with E-state index in [1.54, 1.807) is 29.4 Å². The van der Waals surface area contributed by atoms with Crippen molar-refractivity contribution in [3.05, 3.63) is 30.2 Å². The minimum absolute atomic E-state index is 0.162. The van der Waals surface area contributed by atoms with Gasteiger partial charge in [-0.2, -0.15) is 5.10 Å². The van der Waals surface area contributed by atoms with Gasteiger partial charge in [-0.25, -0.2) is 0 Å². The summed E-state index contributed by atoms with van der Waals surface area (Å²) in [6.07, 6.45) is 1.92. The van der Waals surface area contributed by atoms with Gasteiger partial charge >= 0.3 is 0 Å². The number of aromatic nitrogens is 2. The van der Waals surface area contributed by atoms with Gasteiger partial charge in [0.1, 0.15) is 5.69 Å². The lowest BCUT2D eigenvalue weighted by Gasteiger charge is -2.33. The van der Waals surface area contributed by atoms with E-state index in [1.165, 1.54) is 0 Å². The molecule has 0 spiro atoms. The van der Waals surface area contributed by atoms with Crippen molar-refractivity contribution in [1.29, 1.82) is 0 Å². The van der Waals surface area contributed by atoms with Gasteiger partial charge in [-0.05, 0) is 24.5 Å². The van der Waals surface area contributed by atoms with Crippen LogP contribution >= 0.6 is 0 Å². The standard InChI is InChI=1S/C14H17N3O3/c1-9-4-5-17(8-12(9)18)14(19)11-7-10(15-16-11)13-3-2-6-20-13/h2-3,6-7,9,12,18H,4-5,8H2,1H3,(H,15,16). The molecule has 1 amide bonds. The number of rotatable bonds is 2. The minimum Gasteiger partial charge on any atom is -0.463 e. The van der Waals surface area contributed by atoms with E-state index in [4.69, 9.17) is 4.42 Å². The van der Waals surface area contributed by atoms with Crippen molar-refractivity contribution in [1.82, 2.24) is 15.1 Å². The third-order valence-electron chi connectivity index (χ3n) is 3.79. The molecule has 1 saturated heterocycles. The van der Waals surface area contributed by atoms with Gasteiger partial charge in [0.25, 0.3) is 5.91 Å². The molecule has 6 nitrogen and oxygen atoms in total. The first-order valence-electron chi connectivity index (χ1n) is 6.72. The fraction of sp³-hybridized carbons (Fsp3) is 0.429. The molecule has 0 aromatic carbocycles. The molecule has 6 heteroatoms. The molecular formula is C14H17N3O3. The first-order chi connectivity index (χ1) is 9.65. The zero-order valence-electron chi connectivity index (χ0n) is 11.2. The maximum atomic E-state index is 12.3. The number of furan rings is 1. The molecule has 3 heterocycles. The summed E-state index contributed by atoms with van der Waals surface area (Å²) in [7, 11) is 0. The quantitative estimate of drug-likeness (QED) is 0.870. The lowest BCUT2D eigenvalue weighted by molar-refractivity contribution is 0.0245. The van der Waals surface area contributed by atoms with Crippen molar-refractivity contribution >= 4 is 5.91 Å². The van der Waals surface area contributed by atoms with Crippen LogP contribution in [0.1, 0.15) is 23.8 Å². The Morgan fingerprint density at radius 3 is 3.15 bits per heavy atom. The summed E-state index contributed by atoms with van der Waals surface area (Å²) in [4.78, 5) is 14.0. The Morgan fingerprint density at radius 1 is 1.60 bits per heavy atom. The van der Waals surface area contributed by atoms with Crippen LogP contribution in [0.25, 0.3) is 11.5 Å². The van der Waals surface area contributed by atoms with Gasteiger partial charge in [0, 0.05) is 19.2 Å². The molecule has 2 aromatic rings. The van der Waals surface area contributed by atoms with Crippen LogP contribution in [-0.2, 0) is 0 Å². The monoisotopic (exact) mass is 275 g/mol. The van der Waals surface area contributed by atoms with E-state index in [2.05, 4.69) is 10.2 Å². The zero-order chi connectivity index (χ0) is 14.1. The molecule has 1 aliphatic heterocycles. The zero-order valence-corrected chi connectivity index (χ0v) is 11.2. The summed E-state index contributed by atoms with van der Waals surface area (Å²) < 4.78 is 5.25. The Morgan fingerprint density at radius 2 is 2.45 bits per heavy atom. The molecule has 2 unspecified atom stereocenters. The van der Waals surface area contributed by atoms with Gasteiger partial charge in [0.2, 0.25) is 0 Å². The molecule has 3 rings (SSSR count). The summed E-state index contributed by atoms with van der Waals surface area (Å²) in [5.41, 5.74) is 1.02. The summed E-state index contributed by atoms with van der Waals surface area (Å²) in [6.45, 7) is 3.01. The van der Waals surface area contributed by atoms with E-state index in [0.717, 1.165) is 6.42 Å². The molecule has 20 heavy (non-hydrogen) atoms. The first kappa shape index (κ1) is 12.9. The second-order valence-corrected chi connectivity index (χ2v) is 5.23. The SMILES string of the molecule is CC1CCN(C(=O)c2cc(-c3ccco3)[nH]n2)CC1O. The molecular weight excluding hydrogens is 258 g/mol. The number of aliphatic hydroxyl groups is 1. The fourth-order valence-corrected chi connectivity index (χ4v) is 2.38. The number of amides is 1. The molecule has 0 radical (unpaired) electrons. The lowest BCUT2D eigenvalue weighted by Crippen LogP contribution is -2.45. The van der Waals surface area contributed by atoms with E-state index in [0.29, 0.717) is 30.2 Å². The third-order valence-corrected chi connectivity index (χ3v) is 3.79. The highest BCUT2D eigenvalue weighted by Crippen LogP contribution is 2.21. The highest BCUT2D eigenvalue weighted by molar-refractivity contribution is 5.93. The molecule has 1 fully saturated rings. The largest absolute Gasteiger partial charge is 0.463 e. The number of carbonyl (C=O) groups is 1. The number of likely N-dealkylation sites (tertiary alicyclic amines) is 1. The van der Waals surface area contributed by atoms with Crippen LogP contribution in [0, 0.1) is 5.92 Å². The van der Waals surface area contributed by atoms with Gasteiger partial charge in [-0.15, -0.1) is 0 Å². The molecule has 0 saturated carbocycles. The van der Waals surface area contributed by atoms with Crippen LogP contribution in [0.5, 0.6) is 0 Å². The number of aliphatic hydroxyl groups excluding tert-OH is 1. The molecule has 2 N–H and O–H groups in total. The molecule has 106 valence electrons. The predicted octanol–water partition coefficient (Wildman–Crippen LogP) is 1.51. The fourth-order valence-electron chi connectivity index (χ4n) is 2.38. The van der Waals surface area contributed by atoms with Crippen molar-refractivity contribution in [2.24, 2.45) is 5.92 Å². The van der Waals surface area contributed by atoms with E-state index >= 15 is 0 Å². The minimum atomic E-state index is -0.462. The van der Waals surface area contributed by atoms with E-state index in [9.17, 15) is 9.90 Å². The molecule has 1 aliphatic rings. The Labute approximate surface area is 116 Å². The van der Waals surface area contributed by atoms with E-state index in [-0.39, 0.29) is 11.8 Å². The second-order valence-electron chi connectivity index (χ2n) is 5.23. The Hall–Kier alpha value is -2.08. The van der Waals surface area contributed by atoms with Crippen LogP contribution in [0.3, 0.4) is 0 Å². The van der Waals surface area contributed by atoms with Crippen molar-refractivity contribution in [2.45, 2.75) is 19.4 Å². The van der Waals surface area contributed by atoms with Gasteiger partial charge in [0.15, 0.2) is 11.5 Å².